The number of likely N-dealkylation sites (N-methyl/N-ethyl adjacent to an activating group) is 1. The van der Waals surface area contributed by atoms with Crippen molar-refractivity contribution in [1.82, 2.24) is 10.3 Å². The first-order valence-corrected chi connectivity index (χ1v) is 5.49. The molecule has 1 amide bonds. The number of fused-ring (bicyclic) bond motifs is 1. The lowest BCUT2D eigenvalue weighted by Crippen LogP contribution is -2.26. The summed E-state index contributed by atoms with van der Waals surface area (Å²) in [5.74, 6) is 0.272. The van der Waals surface area contributed by atoms with Crippen LogP contribution in [0.1, 0.15) is 5.56 Å². The first kappa shape index (κ1) is 11.9. The largest absolute Gasteiger partial charge is 0.360 e. The average Bonchev–Trinajstić information content (AvgIpc) is 2.43. The van der Waals surface area contributed by atoms with Crippen LogP contribution in [0.3, 0.4) is 0 Å². The van der Waals surface area contributed by atoms with E-state index in [1.807, 2.05) is 24.3 Å². The fourth-order valence-electron chi connectivity index (χ4n) is 1.59. The van der Waals surface area contributed by atoms with Gasteiger partial charge in [-0.2, -0.15) is 5.26 Å². The molecule has 2 aromatic rings. The zero-order chi connectivity index (χ0) is 13.0. The van der Waals surface area contributed by atoms with E-state index in [4.69, 9.17) is 5.26 Å². The fourth-order valence-corrected chi connectivity index (χ4v) is 1.59. The van der Waals surface area contributed by atoms with Crippen molar-refractivity contribution < 1.29 is 4.79 Å². The maximum absolute atomic E-state index is 11.2. The van der Waals surface area contributed by atoms with Crippen LogP contribution in [0.15, 0.2) is 30.3 Å². The molecule has 1 heterocycles. The zero-order valence-corrected chi connectivity index (χ0v) is 9.90. The van der Waals surface area contributed by atoms with E-state index >= 15 is 0 Å². The molecule has 0 aliphatic carbocycles. The summed E-state index contributed by atoms with van der Waals surface area (Å²) in [7, 11) is 1.56. The van der Waals surface area contributed by atoms with Crippen molar-refractivity contribution in [2.24, 2.45) is 0 Å². The molecular formula is C13H12N4O. The van der Waals surface area contributed by atoms with Crippen molar-refractivity contribution in [3.63, 3.8) is 0 Å². The number of carbonyl (C=O) groups is 1. The van der Waals surface area contributed by atoms with E-state index in [9.17, 15) is 4.79 Å². The number of para-hydroxylation sites is 1. The smallest absolute Gasteiger partial charge is 0.239 e. The number of hydrogen-bond acceptors (Lipinski definition) is 4. The molecule has 0 fully saturated rings. The van der Waals surface area contributed by atoms with Gasteiger partial charge in [0.15, 0.2) is 0 Å². The van der Waals surface area contributed by atoms with Crippen LogP contribution >= 0.6 is 0 Å². The lowest BCUT2D eigenvalue weighted by Gasteiger charge is -2.07. The van der Waals surface area contributed by atoms with Gasteiger partial charge in [-0.25, -0.2) is 4.98 Å². The molecule has 5 heteroatoms. The lowest BCUT2D eigenvalue weighted by atomic mass is 10.1. The van der Waals surface area contributed by atoms with Gasteiger partial charge in [-0.3, -0.25) is 4.79 Å². The second-order valence-corrected chi connectivity index (χ2v) is 3.72. The molecule has 0 atom stereocenters. The van der Waals surface area contributed by atoms with Gasteiger partial charge in [0, 0.05) is 12.4 Å². The third-order valence-electron chi connectivity index (χ3n) is 2.54. The van der Waals surface area contributed by atoms with Gasteiger partial charge in [0.25, 0.3) is 0 Å². The number of carbonyl (C=O) groups excluding carboxylic acids is 1. The minimum absolute atomic E-state index is 0.0938. The summed E-state index contributed by atoms with van der Waals surface area (Å²) in [4.78, 5) is 15.5. The average molecular weight is 240 g/mol. The molecule has 0 saturated carbocycles. The van der Waals surface area contributed by atoms with Crippen LogP contribution in [0.5, 0.6) is 0 Å². The number of pyridine rings is 1. The number of nitriles is 1. The molecule has 0 saturated heterocycles. The SMILES string of the molecule is CNC(=O)CNc1nc2ccccc2cc1C#N. The molecule has 0 unspecified atom stereocenters. The van der Waals surface area contributed by atoms with E-state index in [1.165, 1.54) is 0 Å². The number of anilines is 1. The Balaban J connectivity index is 2.36. The van der Waals surface area contributed by atoms with Crippen LogP contribution in [0.2, 0.25) is 0 Å². The molecular weight excluding hydrogens is 228 g/mol. The van der Waals surface area contributed by atoms with Gasteiger partial charge in [0.2, 0.25) is 5.91 Å². The highest BCUT2D eigenvalue weighted by atomic mass is 16.1. The summed E-state index contributed by atoms with van der Waals surface area (Å²) in [6.45, 7) is 0.0938. The van der Waals surface area contributed by atoms with Crippen LogP contribution in [0, 0.1) is 11.3 Å². The van der Waals surface area contributed by atoms with E-state index < -0.39 is 0 Å². The molecule has 0 aliphatic rings. The van der Waals surface area contributed by atoms with Crippen LogP contribution in [-0.4, -0.2) is 24.5 Å². The van der Waals surface area contributed by atoms with Gasteiger partial charge in [-0.05, 0) is 12.1 Å². The molecule has 0 bridgehead atoms. The number of aromatic nitrogens is 1. The minimum Gasteiger partial charge on any atom is -0.360 e. The van der Waals surface area contributed by atoms with Crippen LogP contribution in [-0.2, 0) is 4.79 Å². The summed E-state index contributed by atoms with van der Waals surface area (Å²) in [5.41, 5.74) is 1.22. The summed E-state index contributed by atoms with van der Waals surface area (Å²) >= 11 is 0. The van der Waals surface area contributed by atoms with Crippen molar-refractivity contribution in [3.8, 4) is 6.07 Å². The van der Waals surface area contributed by atoms with Gasteiger partial charge in [0.1, 0.15) is 11.9 Å². The summed E-state index contributed by atoms with van der Waals surface area (Å²) in [6, 6.07) is 11.4. The van der Waals surface area contributed by atoms with Crippen molar-refractivity contribution in [1.29, 1.82) is 5.26 Å². The number of hydrogen-bond donors (Lipinski definition) is 2. The van der Waals surface area contributed by atoms with Gasteiger partial charge >= 0.3 is 0 Å². The third-order valence-corrected chi connectivity index (χ3v) is 2.54. The molecule has 2 rings (SSSR count). The fraction of sp³-hybridized carbons (Fsp3) is 0.154. The molecule has 1 aromatic carbocycles. The summed E-state index contributed by atoms with van der Waals surface area (Å²) < 4.78 is 0. The van der Waals surface area contributed by atoms with Crippen LogP contribution in [0.4, 0.5) is 5.82 Å². The van der Waals surface area contributed by atoms with Crippen molar-refractivity contribution in [2.45, 2.75) is 0 Å². The Bertz CT molecular complexity index is 630. The molecule has 0 aliphatic heterocycles. The Morgan fingerprint density at radius 2 is 2.22 bits per heavy atom. The number of amides is 1. The normalized spacial score (nSPS) is 9.78. The van der Waals surface area contributed by atoms with E-state index in [0.717, 1.165) is 10.9 Å². The highest BCUT2D eigenvalue weighted by Crippen LogP contribution is 2.19. The Hall–Kier alpha value is -2.61. The lowest BCUT2D eigenvalue weighted by molar-refractivity contribution is -0.118. The highest BCUT2D eigenvalue weighted by molar-refractivity contribution is 5.84. The number of benzene rings is 1. The zero-order valence-electron chi connectivity index (χ0n) is 9.90. The number of nitrogens with one attached hydrogen (secondary N) is 2. The van der Waals surface area contributed by atoms with Crippen LogP contribution < -0.4 is 10.6 Å². The Labute approximate surface area is 104 Å². The standard InChI is InChI=1S/C13H12N4O/c1-15-12(18)8-16-13-10(7-14)6-9-4-2-3-5-11(9)17-13/h2-6H,8H2,1H3,(H,15,18)(H,16,17). The minimum atomic E-state index is -0.158. The maximum atomic E-state index is 11.2. The topological polar surface area (TPSA) is 77.8 Å². The van der Waals surface area contributed by atoms with Crippen molar-refractivity contribution in [2.75, 3.05) is 18.9 Å². The second-order valence-electron chi connectivity index (χ2n) is 3.72. The second kappa shape index (κ2) is 5.15. The van der Waals surface area contributed by atoms with Gasteiger partial charge < -0.3 is 10.6 Å². The Morgan fingerprint density at radius 1 is 1.44 bits per heavy atom. The monoisotopic (exact) mass is 240 g/mol. The van der Waals surface area contributed by atoms with Crippen molar-refractivity contribution in [3.05, 3.63) is 35.9 Å². The Kier molecular flexibility index (Phi) is 3.39. The predicted molar refractivity (Wildman–Crippen MR) is 69.0 cm³/mol. The molecule has 1 aromatic heterocycles. The summed E-state index contributed by atoms with van der Waals surface area (Å²) in [6.07, 6.45) is 0. The molecule has 2 N–H and O–H groups in total. The van der Waals surface area contributed by atoms with E-state index in [1.54, 1.807) is 13.1 Å². The number of rotatable bonds is 3. The van der Waals surface area contributed by atoms with E-state index in [0.29, 0.717) is 11.4 Å². The molecule has 5 nitrogen and oxygen atoms in total. The molecule has 18 heavy (non-hydrogen) atoms. The molecule has 0 spiro atoms. The predicted octanol–water partition coefficient (Wildman–Crippen LogP) is 1.26. The third kappa shape index (κ3) is 2.38. The quantitative estimate of drug-likeness (QED) is 0.846. The first-order valence-electron chi connectivity index (χ1n) is 5.49. The number of nitrogens with zero attached hydrogens (tertiary/aromatic N) is 2. The summed E-state index contributed by atoms with van der Waals surface area (Å²) in [5, 5.41) is 15.3. The first-order chi connectivity index (χ1) is 8.74. The van der Waals surface area contributed by atoms with E-state index in [2.05, 4.69) is 21.7 Å². The maximum Gasteiger partial charge on any atom is 0.239 e. The van der Waals surface area contributed by atoms with E-state index in [-0.39, 0.29) is 12.5 Å². The molecule has 90 valence electrons. The van der Waals surface area contributed by atoms with Crippen LogP contribution in [0.25, 0.3) is 10.9 Å². The van der Waals surface area contributed by atoms with Gasteiger partial charge in [-0.15, -0.1) is 0 Å². The van der Waals surface area contributed by atoms with Crippen molar-refractivity contribution >= 4 is 22.6 Å². The Morgan fingerprint density at radius 3 is 2.94 bits per heavy atom. The molecule has 0 radical (unpaired) electrons. The van der Waals surface area contributed by atoms with Gasteiger partial charge in [-0.1, -0.05) is 18.2 Å². The highest BCUT2D eigenvalue weighted by Gasteiger charge is 2.07. The van der Waals surface area contributed by atoms with Gasteiger partial charge in [0.05, 0.1) is 17.6 Å².